The van der Waals surface area contributed by atoms with Gasteiger partial charge in [0.15, 0.2) is 0 Å². The number of hydrogen-bond acceptors (Lipinski definition) is 3. The molecule has 1 aromatic carbocycles. The van der Waals surface area contributed by atoms with Gasteiger partial charge in [0.25, 0.3) is 0 Å². The number of amides is 2. The van der Waals surface area contributed by atoms with Crippen LogP contribution < -0.4 is 10.6 Å². The van der Waals surface area contributed by atoms with Crippen LogP contribution in [0.3, 0.4) is 0 Å². The first-order chi connectivity index (χ1) is 8.52. The molecule has 0 saturated heterocycles. The summed E-state index contributed by atoms with van der Waals surface area (Å²) in [5.74, 6) is 0. The quantitative estimate of drug-likeness (QED) is 0.777. The SMILES string of the molecule is COCC(O)CNC(=O)Nc1cc(C)ccc1Br. The first kappa shape index (κ1) is 14.9. The standard InChI is InChI=1S/C12H17BrN2O3/c1-8-3-4-10(13)11(5-8)15-12(17)14-6-9(16)7-18-2/h3-5,9,16H,6-7H2,1-2H3,(H2,14,15,17). The van der Waals surface area contributed by atoms with E-state index in [1.807, 2.05) is 25.1 Å². The number of rotatable bonds is 5. The lowest BCUT2D eigenvalue weighted by molar-refractivity contribution is 0.0663. The molecule has 0 spiro atoms. The van der Waals surface area contributed by atoms with Crippen LogP contribution in [0.4, 0.5) is 10.5 Å². The minimum absolute atomic E-state index is 0.142. The fraction of sp³-hybridized carbons (Fsp3) is 0.417. The molecule has 0 saturated carbocycles. The van der Waals surface area contributed by atoms with Crippen molar-refractivity contribution < 1.29 is 14.6 Å². The predicted octanol–water partition coefficient (Wildman–Crippen LogP) is 1.89. The zero-order valence-corrected chi connectivity index (χ0v) is 12.0. The van der Waals surface area contributed by atoms with Crippen molar-refractivity contribution in [2.75, 3.05) is 25.6 Å². The van der Waals surface area contributed by atoms with Gasteiger partial charge in [0.1, 0.15) is 0 Å². The van der Waals surface area contributed by atoms with Gasteiger partial charge in [-0.3, -0.25) is 0 Å². The number of nitrogens with one attached hydrogen (secondary N) is 2. The molecule has 0 fully saturated rings. The molecule has 0 aliphatic heterocycles. The zero-order chi connectivity index (χ0) is 13.5. The number of aliphatic hydroxyl groups is 1. The van der Waals surface area contributed by atoms with Crippen molar-refractivity contribution in [1.29, 1.82) is 0 Å². The van der Waals surface area contributed by atoms with E-state index in [1.54, 1.807) is 0 Å². The van der Waals surface area contributed by atoms with Crippen molar-refractivity contribution in [2.24, 2.45) is 0 Å². The molecule has 3 N–H and O–H groups in total. The summed E-state index contributed by atoms with van der Waals surface area (Å²) in [4.78, 5) is 11.6. The van der Waals surface area contributed by atoms with Crippen LogP contribution in [-0.4, -0.2) is 37.5 Å². The van der Waals surface area contributed by atoms with E-state index in [1.165, 1.54) is 7.11 Å². The van der Waals surface area contributed by atoms with Crippen molar-refractivity contribution in [3.05, 3.63) is 28.2 Å². The number of methoxy groups -OCH3 is 1. The lowest BCUT2D eigenvalue weighted by atomic mass is 10.2. The molecule has 1 unspecified atom stereocenters. The van der Waals surface area contributed by atoms with Gasteiger partial charge in [-0.15, -0.1) is 0 Å². The first-order valence-corrected chi connectivity index (χ1v) is 6.30. The van der Waals surface area contributed by atoms with Crippen LogP contribution in [0.2, 0.25) is 0 Å². The van der Waals surface area contributed by atoms with E-state index in [-0.39, 0.29) is 19.2 Å². The van der Waals surface area contributed by atoms with Gasteiger partial charge in [0.05, 0.1) is 18.4 Å². The summed E-state index contributed by atoms with van der Waals surface area (Å²) in [6.07, 6.45) is -0.707. The highest BCUT2D eigenvalue weighted by atomic mass is 79.9. The molecule has 5 nitrogen and oxygen atoms in total. The molecule has 2 amide bonds. The van der Waals surface area contributed by atoms with Gasteiger partial charge >= 0.3 is 6.03 Å². The summed E-state index contributed by atoms with van der Waals surface area (Å²) in [6.45, 7) is 2.27. The second-order valence-electron chi connectivity index (χ2n) is 3.93. The molecule has 0 aliphatic rings. The summed E-state index contributed by atoms with van der Waals surface area (Å²) in [5, 5.41) is 14.6. The van der Waals surface area contributed by atoms with Gasteiger partial charge < -0.3 is 20.5 Å². The Morgan fingerprint density at radius 3 is 2.94 bits per heavy atom. The molecular weight excluding hydrogens is 300 g/mol. The molecule has 1 aromatic rings. The maximum atomic E-state index is 11.6. The smallest absolute Gasteiger partial charge is 0.319 e. The van der Waals surface area contributed by atoms with Crippen LogP contribution in [0.25, 0.3) is 0 Å². The Morgan fingerprint density at radius 2 is 2.28 bits per heavy atom. The number of aryl methyl sites for hydroxylation is 1. The number of urea groups is 1. The molecule has 100 valence electrons. The van der Waals surface area contributed by atoms with Crippen molar-refractivity contribution in [3.63, 3.8) is 0 Å². The molecule has 0 radical (unpaired) electrons. The van der Waals surface area contributed by atoms with Gasteiger partial charge in [-0.25, -0.2) is 4.79 Å². The molecule has 0 heterocycles. The number of anilines is 1. The van der Waals surface area contributed by atoms with Crippen LogP contribution in [0.1, 0.15) is 5.56 Å². The molecule has 0 aromatic heterocycles. The number of ether oxygens (including phenoxy) is 1. The molecule has 0 bridgehead atoms. The maximum absolute atomic E-state index is 11.6. The minimum atomic E-state index is -0.707. The normalized spacial score (nSPS) is 12.0. The molecule has 1 rings (SSSR count). The van der Waals surface area contributed by atoms with Gasteiger partial charge in [0.2, 0.25) is 0 Å². The Balaban J connectivity index is 2.47. The number of carbonyl (C=O) groups excluding carboxylic acids is 1. The van der Waals surface area contributed by atoms with Crippen molar-refractivity contribution in [2.45, 2.75) is 13.0 Å². The van der Waals surface area contributed by atoms with Gasteiger partial charge in [-0.2, -0.15) is 0 Å². The highest BCUT2D eigenvalue weighted by molar-refractivity contribution is 9.10. The van der Waals surface area contributed by atoms with E-state index in [9.17, 15) is 9.90 Å². The second kappa shape index (κ2) is 7.35. The van der Waals surface area contributed by atoms with E-state index < -0.39 is 6.10 Å². The maximum Gasteiger partial charge on any atom is 0.319 e. The summed E-state index contributed by atoms with van der Waals surface area (Å²) in [5.41, 5.74) is 1.74. The van der Waals surface area contributed by atoms with E-state index in [0.29, 0.717) is 5.69 Å². The highest BCUT2D eigenvalue weighted by Gasteiger charge is 2.08. The average molecular weight is 317 g/mol. The number of aliphatic hydroxyl groups excluding tert-OH is 1. The van der Waals surface area contributed by atoms with Crippen LogP contribution in [0.15, 0.2) is 22.7 Å². The summed E-state index contributed by atoms with van der Waals surface area (Å²) < 4.78 is 5.57. The van der Waals surface area contributed by atoms with Crippen molar-refractivity contribution in [1.82, 2.24) is 5.32 Å². The fourth-order valence-corrected chi connectivity index (χ4v) is 1.71. The Labute approximate surface area is 115 Å². The van der Waals surface area contributed by atoms with Crippen molar-refractivity contribution >= 4 is 27.6 Å². The summed E-state index contributed by atoms with van der Waals surface area (Å²) in [7, 11) is 1.49. The number of carbonyl (C=O) groups is 1. The third-order valence-electron chi connectivity index (χ3n) is 2.23. The fourth-order valence-electron chi connectivity index (χ4n) is 1.36. The molecule has 18 heavy (non-hydrogen) atoms. The van der Waals surface area contributed by atoms with Crippen molar-refractivity contribution in [3.8, 4) is 0 Å². The van der Waals surface area contributed by atoms with E-state index in [2.05, 4.69) is 26.6 Å². The average Bonchev–Trinajstić information content (AvgIpc) is 2.32. The van der Waals surface area contributed by atoms with Gasteiger partial charge in [-0.1, -0.05) is 6.07 Å². The lowest BCUT2D eigenvalue weighted by Crippen LogP contribution is -2.37. The third kappa shape index (κ3) is 5.03. The minimum Gasteiger partial charge on any atom is -0.389 e. The number of halogens is 1. The van der Waals surface area contributed by atoms with Crippen LogP contribution in [0, 0.1) is 6.92 Å². The van der Waals surface area contributed by atoms with Gasteiger partial charge in [-0.05, 0) is 40.5 Å². The van der Waals surface area contributed by atoms with Crippen LogP contribution in [-0.2, 0) is 4.74 Å². The lowest BCUT2D eigenvalue weighted by Gasteiger charge is -2.12. The zero-order valence-electron chi connectivity index (χ0n) is 10.4. The predicted molar refractivity (Wildman–Crippen MR) is 73.8 cm³/mol. The van der Waals surface area contributed by atoms with E-state index >= 15 is 0 Å². The third-order valence-corrected chi connectivity index (χ3v) is 2.92. The Morgan fingerprint density at radius 1 is 1.56 bits per heavy atom. The Hall–Kier alpha value is -1.11. The van der Waals surface area contributed by atoms with Gasteiger partial charge in [0, 0.05) is 18.1 Å². The second-order valence-corrected chi connectivity index (χ2v) is 4.78. The first-order valence-electron chi connectivity index (χ1n) is 5.51. The number of hydrogen-bond donors (Lipinski definition) is 3. The Kier molecular flexibility index (Phi) is 6.11. The molecule has 1 atom stereocenters. The topological polar surface area (TPSA) is 70.6 Å². The molecule has 6 heteroatoms. The molecular formula is C12H17BrN2O3. The van der Waals surface area contributed by atoms with E-state index in [0.717, 1.165) is 10.0 Å². The Bertz CT molecular complexity index is 412. The highest BCUT2D eigenvalue weighted by Crippen LogP contribution is 2.23. The summed E-state index contributed by atoms with van der Waals surface area (Å²) >= 11 is 3.35. The van der Waals surface area contributed by atoms with Crippen LogP contribution >= 0.6 is 15.9 Å². The number of benzene rings is 1. The molecule has 0 aliphatic carbocycles. The van der Waals surface area contributed by atoms with Crippen LogP contribution in [0.5, 0.6) is 0 Å². The largest absolute Gasteiger partial charge is 0.389 e. The summed E-state index contributed by atoms with van der Waals surface area (Å²) in [6, 6.07) is 5.30. The van der Waals surface area contributed by atoms with E-state index in [4.69, 9.17) is 4.74 Å². The monoisotopic (exact) mass is 316 g/mol.